The second-order valence-electron chi connectivity index (χ2n) is 4.53. The summed E-state index contributed by atoms with van der Waals surface area (Å²) in [5, 5.41) is 4.08. The molecule has 0 aliphatic heterocycles. The third-order valence-corrected chi connectivity index (χ3v) is 4.10. The van der Waals surface area contributed by atoms with Crippen LogP contribution in [-0.2, 0) is 10.0 Å². The van der Waals surface area contributed by atoms with Crippen LogP contribution >= 0.6 is 0 Å². The Kier molecular flexibility index (Phi) is 3.96. The maximum absolute atomic E-state index is 12.3. The van der Waals surface area contributed by atoms with Crippen LogP contribution in [0.1, 0.15) is 19.9 Å². The molecule has 2 rings (SSSR count). The zero-order valence-corrected chi connectivity index (χ0v) is 12.1. The number of aromatic nitrogens is 2. The molecule has 0 atom stereocenters. The number of rotatable bonds is 5. The Hall–Kier alpha value is -2.06. The van der Waals surface area contributed by atoms with Gasteiger partial charge in [0.05, 0.1) is 11.1 Å². The summed E-state index contributed by atoms with van der Waals surface area (Å²) >= 11 is 0. The van der Waals surface area contributed by atoms with Gasteiger partial charge in [-0.05, 0) is 38.1 Å². The third-order valence-electron chi connectivity index (χ3n) is 2.73. The minimum Gasteiger partial charge on any atom is -0.324 e. The Morgan fingerprint density at radius 2 is 1.85 bits per heavy atom. The minimum absolute atomic E-state index is 0.0616. The number of hydrogen-bond donors (Lipinski definition) is 3. The zero-order chi connectivity index (χ0) is 14.8. The quantitative estimate of drug-likeness (QED) is 0.574. The average Bonchev–Trinajstić information content (AvgIpc) is 2.86. The van der Waals surface area contributed by atoms with Crippen LogP contribution in [0.25, 0.3) is 0 Å². The summed E-state index contributed by atoms with van der Waals surface area (Å²) in [5.74, 6) is 5.68. The molecule has 0 unspecified atom stereocenters. The smallest absolute Gasteiger partial charge is 0.263 e. The summed E-state index contributed by atoms with van der Waals surface area (Å²) in [7, 11) is -3.64. The van der Waals surface area contributed by atoms with Crippen LogP contribution in [0.15, 0.2) is 41.4 Å². The number of nitrogens with one attached hydrogen (secondary N) is 2. The molecule has 20 heavy (non-hydrogen) atoms. The van der Waals surface area contributed by atoms with E-state index in [1.807, 2.05) is 13.8 Å². The second kappa shape index (κ2) is 5.51. The van der Waals surface area contributed by atoms with Crippen molar-refractivity contribution in [2.45, 2.75) is 24.8 Å². The summed E-state index contributed by atoms with van der Waals surface area (Å²) < 4.78 is 28.7. The first-order valence-corrected chi connectivity index (χ1v) is 7.55. The van der Waals surface area contributed by atoms with Gasteiger partial charge in [-0.15, -0.1) is 0 Å². The van der Waals surface area contributed by atoms with Crippen LogP contribution in [0.5, 0.6) is 0 Å². The van der Waals surface area contributed by atoms with E-state index in [1.165, 1.54) is 12.1 Å². The van der Waals surface area contributed by atoms with Crippen LogP contribution in [0.2, 0.25) is 0 Å². The average molecular weight is 295 g/mol. The van der Waals surface area contributed by atoms with Crippen LogP contribution in [0.4, 0.5) is 11.5 Å². The number of hydrazine groups is 1. The Morgan fingerprint density at radius 3 is 2.40 bits per heavy atom. The van der Waals surface area contributed by atoms with Gasteiger partial charge in [0, 0.05) is 17.8 Å². The first kappa shape index (κ1) is 14.4. The van der Waals surface area contributed by atoms with E-state index in [9.17, 15) is 8.42 Å². The van der Waals surface area contributed by atoms with E-state index in [2.05, 4.69) is 15.2 Å². The molecule has 0 aliphatic carbocycles. The van der Waals surface area contributed by atoms with Gasteiger partial charge in [0.2, 0.25) is 0 Å². The lowest BCUT2D eigenvalue weighted by molar-refractivity contribution is 0.539. The highest BCUT2D eigenvalue weighted by molar-refractivity contribution is 7.92. The van der Waals surface area contributed by atoms with E-state index in [-0.39, 0.29) is 10.9 Å². The number of benzene rings is 1. The van der Waals surface area contributed by atoms with Gasteiger partial charge in [-0.1, -0.05) is 0 Å². The van der Waals surface area contributed by atoms with Gasteiger partial charge >= 0.3 is 0 Å². The van der Waals surface area contributed by atoms with Crippen molar-refractivity contribution in [2.24, 2.45) is 5.84 Å². The maximum Gasteiger partial charge on any atom is 0.263 e. The molecule has 0 bridgehead atoms. The fourth-order valence-corrected chi connectivity index (χ4v) is 2.78. The van der Waals surface area contributed by atoms with Gasteiger partial charge in [-0.25, -0.2) is 13.1 Å². The van der Waals surface area contributed by atoms with E-state index in [0.29, 0.717) is 11.5 Å². The predicted octanol–water partition coefficient (Wildman–Crippen LogP) is 1.55. The molecule has 1 heterocycles. The molecule has 0 saturated carbocycles. The number of nitrogen functional groups attached to an aromatic ring is 1. The van der Waals surface area contributed by atoms with E-state index >= 15 is 0 Å². The Bertz CT molecular complexity index is 676. The lowest BCUT2D eigenvalue weighted by atomic mass is 10.3. The van der Waals surface area contributed by atoms with Crippen molar-refractivity contribution in [3.05, 3.63) is 36.5 Å². The van der Waals surface area contributed by atoms with Crippen molar-refractivity contribution in [3.8, 4) is 0 Å². The molecule has 0 spiro atoms. The van der Waals surface area contributed by atoms with Crippen molar-refractivity contribution in [2.75, 3.05) is 10.1 Å². The standard InChI is InChI=1S/C12H17N5O2S/c1-9(2)17-12(7-8-14-17)16-20(18,19)11-5-3-10(15-13)4-6-11/h3-9,15-16H,13H2,1-2H3. The SMILES string of the molecule is CC(C)n1nccc1NS(=O)(=O)c1ccc(NN)cc1. The summed E-state index contributed by atoms with van der Waals surface area (Å²) in [6.07, 6.45) is 1.55. The van der Waals surface area contributed by atoms with Crippen LogP contribution in [0, 0.1) is 0 Å². The van der Waals surface area contributed by atoms with Gasteiger partial charge in [0.25, 0.3) is 10.0 Å². The number of nitrogens with zero attached hydrogens (tertiary/aromatic N) is 2. The summed E-state index contributed by atoms with van der Waals surface area (Å²) in [4.78, 5) is 0.160. The van der Waals surface area contributed by atoms with Crippen LogP contribution < -0.4 is 16.0 Å². The van der Waals surface area contributed by atoms with Crippen molar-refractivity contribution in [1.82, 2.24) is 9.78 Å². The molecule has 1 aromatic carbocycles. The van der Waals surface area contributed by atoms with E-state index in [0.717, 1.165) is 0 Å². The highest BCUT2D eigenvalue weighted by Gasteiger charge is 2.17. The van der Waals surface area contributed by atoms with E-state index < -0.39 is 10.0 Å². The van der Waals surface area contributed by atoms with E-state index in [1.54, 1.807) is 29.1 Å². The monoisotopic (exact) mass is 295 g/mol. The van der Waals surface area contributed by atoms with Gasteiger partial charge < -0.3 is 5.43 Å². The van der Waals surface area contributed by atoms with Gasteiger partial charge in [0.15, 0.2) is 0 Å². The van der Waals surface area contributed by atoms with Gasteiger partial charge in [0.1, 0.15) is 5.82 Å². The Labute approximate surface area is 117 Å². The van der Waals surface area contributed by atoms with Crippen molar-refractivity contribution in [3.63, 3.8) is 0 Å². The Balaban J connectivity index is 2.28. The van der Waals surface area contributed by atoms with E-state index in [4.69, 9.17) is 5.84 Å². The van der Waals surface area contributed by atoms with Gasteiger partial charge in [-0.3, -0.25) is 10.6 Å². The molecule has 108 valence electrons. The molecule has 0 aliphatic rings. The molecule has 7 nitrogen and oxygen atoms in total. The van der Waals surface area contributed by atoms with Crippen molar-refractivity contribution in [1.29, 1.82) is 0 Å². The molecule has 0 fully saturated rings. The molecule has 8 heteroatoms. The van der Waals surface area contributed by atoms with Gasteiger partial charge in [-0.2, -0.15) is 5.10 Å². The zero-order valence-electron chi connectivity index (χ0n) is 11.2. The maximum atomic E-state index is 12.3. The first-order chi connectivity index (χ1) is 9.44. The second-order valence-corrected chi connectivity index (χ2v) is 6.21. The molecule has 1 aromatic heterocycles. The number of hydrogen-bond acceptors (Lipinski definition) is 5. The van der Waals surface area contributed by atoms with Crippen LogP contribution in [-0.4, -0.2) is 18.2 Å². The normalized spacial score (nSPS) is 11.6. The highest BCUT2D eigenvalue weighted by atomic mass is 32.2. The molecule has 0 saturated heterocycles. The molecular weight excluding hydrogens is 278 g/mol. The van der Waals surface area contributed by atoms with Crippen molar-refractivity contribution >= 4 is 21.5 Å². The largest absolute Gasteiger partial charge is 0.324 e. The third kappa shape index (κ3) is 2.91. The lowest BCUT2D eigenvalue weighted by Crippen LogP contribution is -2.17. The predicted molar refractivity (Wildman–Crippen MR) is 77.7 cm³/mol. The van der Waals surface area contributed by atoms with Crippen LogP contribution in [0.3, 0.4) is 0 Å². The number of anilines is 2. The number of nitrogens with two attached hydrogens (primary N) is 1. The Morgan fingerprint density at radius 1 is 1.20 bits per heavy atom. The molecule has 2 aromatic rings. The molecule has 4 N–H and O–H groups in total. The molecular formula is C12H17N5O2S. The summed E-state index contributed by atoms with van der Waals surface area (Å²) in [6.45, 7) is 3.85. The molecule has 0 radical (unpaired) electrons. The minimum atomic E-state index is -3.64. The number of sulfonamides is 1. The fraction of sp³-hybridized carbons (Fsp3) is 0.250. The first-order valence-electron chi connectivity index (χ1n) is 6.07. The highest BCUT2D eigenvalue weighted by Crippen LogP contribution is 2.19. The summed E-state index contributed by atoms with van der Waals surface area (Å²) in [5.41, 5.74) is 3.08. The van der Waals surface area contributed by atoms with Crippen molar-refractivity contribution < 1.29 is 8.42 Å². The molecule has 0 amide bonds. The topological polar surface area (TPSA) is 102 Å². The summed E-state index contributed by atoms with van der Waals surface area (Å²) in [6, 6.07) is 7.82. The fourth-order valence-electron chi connectivity index (χ4n) is 1.73. The lowest BCUT2D eigenvalue weighted by Gasteiger charge is -2.13.